The number of nitrogens with zero attached hydrogens (tertiary/aromatic N) is 1. The average molecular weight is 198 g/mol. The van der Waals surface area contributed by atoms with Crippen molar-refractivity contribution in [3.8, 4) is 0 Å². The van der Waals surface area contributed by atoms with Crippen LogP contribution in [0.4, 0.5) is 0 Å². The molecule has 1 saturated heterocycles. The van der Waals surface area contributed by atoms with E-state index in [4.69, 9.17) is 0 Å². The quantitative estimate of drug-likeness (QED) is 0.696. The molecule has 0 radical (unpaired) electrons. The Morgan fingerprint density at radius 1 is 1.57 bits per heavy atom. The molecule has 0 aromatic rings. The molecule has 0 atom stereocenters. The minimum Gasteiger partial charge on any atom is -0.355 e. The maximum atomic E-state index is 11.5. The van der Waals surface area contributed by atoms with E-state index in [-0.39, 0.29) is 17.6 Å². The summed E-state index contributed by atoms with van der Waals surface area (Å²) in [7, 11) is 0. The van der Waals surface area contributed by atoms with E-state index in [9.17, 15) is 9.59 Å². The average Bonchev–Trinajstić information content (AvgIpc) is 2.29. The third kappa shape index (κ3) is 3.46. The van der Waals surface area contributed by atoms with E-state index in [2.05, 4.69) is 5.32 Å². The SMILES string of the molecule is CC(C)C(=O)CN1CCCNC(=O)C1. The van der Waals surface area contributed by atoms with Crippen LogP contribution in [0.15, 0.2) is 0 Å². The monoisotopic (exact) mass is 198 g/mol. The molecular formula is C10H18N2O2. The summed E-state index contributed by atoms with van der Waals surface area (Å²) in [5, 5.41) is 2.79. The van der Waals surface area contributed by atoms with Crippen LogP contribution in [0.25, 0.3) is 0 Å². The van der Waals surface area contributed by atoms with Gasteiger partial charge in [0.25, 0.3) is 0 Å². The van der Waals surface area contributed by atoms with Crippen LogP contribution in [0, 0.1) is 5.92 Å². The number of hydrogen-bond donors (Lipinski definition) is 1. The largest absolute Gasteiger partial charge is 0.355 e. The van der Waals surface area contributed by atoms with Gasteiger partial charge in [0.2, 0.25) is 5.91 Å². The molecule has 1 aliphatic heterocycles. The van der Waals surface area contributed by atoms with Crippen LogP contribution in [0.5, 0.6) is 0 Å². The first-order valence-electron chi connectivity index (χ1n) is 5.11. The van der Waals surface area contributed by atoms with Crippen LogP contribution in [-0.2, 0) is 9.59 Å². The molecule has 4 heteroatoms. The highest BCUT2D eigenvalue weighted by molar-refractivity contribution is 5.83. The van der Waals surface area contributed by atoms with Crippen molar-refractivity contribution < 1.29 is 9.59 Å². The number of carbonyl (C=O) groups is 2. The Kier molecular flexibility index (Phi) is 4.07. The van der Waals surface area contributed by atoms with E-state index in [1.807, 2.05) is 18.7 Å². The summed E-state index contributed by atoms with van der Waals surface area (Å²) >= 11 is 0. The maximum absolute atomic E-state index is 11.5. The van der Waals surface area contributed by atoms with Crippen molar-refractivity contribution >= 4 is 11.7 Å². The molecule has 1 N–H and O–H groups in total. The van der Waals surface area contributed by atoms with Crippen LogP contribution in [0.1, 0.15) is 20.3 Å². The first-order chi connectivity index (χ1) is 6.59. The molecule has 1 aliphatic rings. The lowest BCUT2D eigenvalue weighted by atomic mass is 10.1. The number of rotatable bonds is 3. The highest BCUT2D eigenvalue weighted by Crippen LogP contribution is 2.00. The highest BCUT2D eigenvalue weighted by atomic mass is 16.2. The minimum atomic E-state index is 0.0269. The summed E-state index contributed by atoms with van der Waals surface area (Å²) in [6, 6.07) is 0. The standard InChI is InChI=1S/C10H18N2O2/c1-8(2)9(13)6-12-5-3-4-11-10(14)7-12/h8H,3-7H2,1-2H3,(H,11,14). The molecule has 0 unspecified atom stereocenters. The second kappa shape index (κ2) is 5.10. The number of amides is 1. The van der Waals surface area contributed by atoms with Gasteiger partial charge in [-0.25, -0.2) is 0 Å². The molecule has 14 heavy (non-hydrogen) atoms. The van der Waals surface area contributed by atoms with E-state index in [1.54, 1.807) is 0 Å². The second-order valence-corrected chi connectivity index (χ2v) is 4.04. The Bertz CT molecular complexity index is 226. The van der Waals surface area contributed by atoms with Gasteiger partial charge < -0.3 is 5.32 Å². The van der Waals surface area contributed by atoms with Crippen molar-refractivity contribution in [3.63, 3.8) is 0 Å². The Balaban J connectivity index is 2.42. The topological polar surface area (TPSA) is 49.4 Å². The van der Waals surface area contributed by atoms with Crippen molar-refractivity contribution in [2.45, 2.75) is 20.3 Å². The molecule has 0 aromatic carbocycles. The van der Waals surface area contributed by atoms with Crippen LogP contribution >= 0.6 is 0 Å². The number of ketones is 1. The van der Waals surface area contributed by atoms with Crippen molar-refractivity contribution in [1.29, 1.82) is 0 Å². The zero-order chi connectivity index (χ0) is 10.6. The molecule has 0 bridgehead atoms. The third-order valence-corrected chi connectivity index (χ3v) is 2.36. The van der Waals surface area contributed by atoms with Gasteiger partial charge in [0.1, 0.15) is 5.78 Å². The fourth-order valence-corrected chi connectivity index (χ4v) is 1.41. The van der Waals surface area contributed by atoms with Gasteiger partial charge in [-0.2, -0.15) is 0 Å². The number of Topliss-reactive ketones (excluding diaryl/α,β-unsaturated/α-hetero) is 1. The van der Waals surface area contributed by atoms with Gasteiger partial charge in [-0.1, -0.05) is 13.8 Å². The van der Waals surface area contributed by atoms with Crippen LogP contribution < -0.4 is 5.32 Å². The van der Waals surface area contributed by atoms with Crippen LogP contribution in [0.3, 0.4) is 0 Å². The summed E-state index contributed by atoms with van der Waals surface area (Å²) in [6.07, 6.45) is 0.928. The normalized spacial score (nSPS) is 19.2. The number of carbonyl (C=O) groups excluding carboxylic acids is 2. The molecule has 0 saturated carbocycles. The smallest absolute Gasteiger partial charge is 0.234 e. The lowest BCUT2D eigenvalue weighted by Crippen LogP contribution is -2.37. The van der Waals surface area contributed by atoms with Gasteiger partial charge in [0.05, 0.1) is 13.1 Å². The summed E-state index contributed by atoms with van der Waals surface area (Å²) in [5.41, 5.74) is 0. The van der Waals surface area contributed by atoms with Crippen LogP contribution in [0.2, 0.25) is 0 Å². The summed E-state index contributed by atoms with van der Waals surface area (Å²) in [4.78, 5) is 24.6. The van der Waals surface area contributed by atoms with E-state index >= 15 is 0 Å². The van der Waals surface area contributed by atoms with E-state index in [1.165, 1.54) is 0 Å². The molecule has 80 valence electrons. The fourth-order valence-electron chi connectivity index (χ4n) is 1.41. The van der Waals surface area contributed by atoms with Gasteiger partial charge in [-0.05, 0) is 6.42 Å². The molecular weight excluding hydrogens is 180 g/mol. The van der Waals surface area contributed by atoms with Crippen LogP contribution in [-0.4, -0.2) is 42.8 Å². The number of nitrogens with one attached hydrogen (secondary N) is 1. The molecule has 0 spiro atoms. The van der Waals surface area contributed by atoms with Gasteiger partial charge in [-0.3, -0.25) is 14.5 Å². The van der Waals surface area contributed by atoms with E-state index in [0.717, 1.165) is 19.5 Å². The van der Waals surface area contributed by atoms with Gasteiger partial charge in [0, 0.05) is 19.0 Å². The fraction of sp³-hybridized carbons (Fsp3) is 0.800. The van der Waals surface area contributed by atoms with Crippen molar-refractivity contribution in [2.75, 3.05) is 26.2 Å². The molecule has 1 heterocycles. The molecule has 1 fully saturated rings. The Hall–Kier alpha value is -0.900. The Morgan fingerprint density at radius 2 is 2.29 bits per heavy atom. The zero-order valence-electron chi connectivity index (χ0n) is 8.88. The van der Waals surface area contributed by atoms with Crippen molar-refractivity contribution in [2.24, 2.45) is 5.92 Å². The lowest BCUT2D eigenvalue weighted by molar-refractivity contribution is -0.124. The van der Waals surface area contributed by atoms with Gasteiger partial charge in [0.15, 0.2) is 0 Å². The maximum Gasteiger partial charge on any atom is 0.234 e. The Morgan fingerprint density at radius 3 is 2.93 bits per heavy atom. The predicted molar refractivity (Wildman–Crippen MR) is 53.9 cm³/mol. The zero-order valence-corrected chi connectivity index (χ0v) is 8.88. The molecule has 1 rings (SSSR count). The first kappa shape index (κ1) is 11.2. The predicted octanol–water partition coefficient (Wildman–Crippen LogP) is 0.0334. The summed E-state index contributed by atoms with van der Waals surface area (Å²) in [5.74, 6) is 0.292. The van der Waals surface area contributed by atoms with E-state index < -0.39 is 0 Å². The molecule has 0 aromatic heterocycles. The first-order valence-corrected chi connectivity index (χ1v) is 5.11. The van der Waals surface area contributed by atoms with Gasteiger partial charge >= 0.3 is 0 Å². The number of hydrogen-bond acceptors (Lipinski definition) is 3. The van der Waals surface area contributed by atoms with E-state index in [0.29, 0.717) is 13.1 Å². The second-order valence-electron chi connectivity index (χ2n) is 4.04. The third-order valence-electron chi connectivity index (χ3n) is 2.36. The Labute approximate surface area is 84.7 Å². The summed E-state index contributed by atoms with van der Waals surface area (Å²) < 4.78 is 0. The highest BCUT2D eigenvalue weighted by Gasteiger charge is 2.18. The molecule has 0 aliphatic carbocycles. The summed E-state index contributed by atoms with van der Waals surface area (Å²) in [6.45, 7) is 6.10. The minimum absolute atomic E-state index is 0.0269. The lowest BCUT2D eigenvalue weighted by Gasteiger charge is -2.18. The van der Waals surface area contributed by atoms with Crippen molar-refractivity contribution in [1.82, 2.24) is 10.2 Å². The molecule has 1 amide bonds. The molecule has 4 nitrogen and oxygen atoms in total. The van der Waals surface area contributed by atoms with Crippen molar-refractivity contribution in [3.05, 3.63) is 0 Å². The van der Waals surface area contributed by atoms with Gasteiger partial charge in [-0.15, -0.1) is 0 Å².